The van der Waals surface area contributed by atoms with Crippen LogP contribution in [0, 0.1) is 21.4 Å². The number of benzene rings is 1. The molecule has 0 spiro atoms. The normalized spacial score (nSPS) is 25.7. The Morgan fingerprint density at radius 2 is 1.75 bits per heavy atom. The molecule has 0 amide bonds. The molecule has 0 bridgehead atoms. The number of ketones is 1. The van der Waals surface area contributed by atoms with Crippen molar-refractivity contribution in [3.05, 3.63) is 51.2 Å². The molecule has 3 aliphatic rings. The van der Waals surface area contributed by atoms with Crippen molar-refractivity contribution in [3.8, 4) is 0 Å². The summed E-state index contributed by atoms with van der Waals surface area (Å²) >= 11 is 0. The summed E-state index contributed by atoms with van der Waals surface area (Å²) in [5.74, 6) is -1.44. The van der Waals surface area contributed by atoms with Crippen molar-refractivity contribution in [2.24, 2.45) is 16.3 Å². The molecule has 1 aliphatic heterocycles. The summed E-state index contributed by atoms with van der Waals surface area (Å²) in [6, 6.07) is 6.16. The first-order chi connectivity index (χ1) is 15.2. The average Bonchev–Trinajstić information content (AvgIpc) is 2.72. The van der Waals surface area contributed by atoms with Gasteiger partial charge < -0.3 is 4.74 Å². The van der Waals surface area contributed by atoms with Crippen LogP contribution in [0.3, 0.4) is 0 Å². The maximum absolute atomic E-state index is 13.4. The van der Waals surface area contributed by atoms with Crippen LogP contribution in [0.4, 0.5) is 5.69 Å². The highest BCUT2D eigenvalue weighted by molar-refractivity contribution is 6.12. The lowest BCUT2D eigenvalue weighted by Gasteiger charge is -2.41. The van der Waals surface area contributed by atoms with E-state index in [9.17, 15) is 19.7 Å². The Hall–Kier alpha value is -2.83. The van der Waals surface area contributed by atoms with Gasteiger partial charge in [-0.1, -0.05) is 32.4 Å². The molecule has 4 rings (SSSR count). The predicted octanol–water partition coefficient (Wildman–Crippen LogP) is 5.29. The Balaban J connectivity index is 1.76. The third-order valence-corrected chi connectivity index (χ3v) is 6.87. The molecule has 2 aliphatic carbocycles. The number of Topliss-reactive ketones (excluding diaryl/α,β-unsaturated/α-hetero) is 1. The summed E-state index contributed by atoms with van der Waals surface area (Å²) in [4.78, 5) is 42.1. The summed E-state index contributed by atoms with van der Waals surface area (Å²) in [5.41, 5.74) is 2.27. The molecule has 1 heterocycles. The number of carbonyl (C=O) groups is 2. The van der Waals surface area contributed by atoms with Crippen LogP contribution in [-0.4, -0.2) is 28.5 Å². The van der Waals surface area contributed by atoms with Crippen molar-refractivity contribution in [1.29, 1.82) is 0 Å². The number of rotatable bonds is 4. The molecule has 0 N–H and O–H groups in total. The molecular weight excluding hydrogens is 408 g/mol. The highest BCUT2D eigenvalue weighted by Crippen LogP contribution is 2.47. The Labute approximate surface area is 188 Å². The van der Waals surface area contributed by atoms with Crippen LogP contribution < -0.4 is 0 Å². The number of non-ortho nitro benzene ring substituents is 1. The SMILES string of the molecule is CC1=C(C(=O)OC2CCCCC2)C(c2ccc([N+](=O)[O-])cc2)C2C(=O)CC(C)(C)CC2=N1. The van der Waals surface area contributed by atoms with Crippen molar-refractivity contribution in [2.75, 3.05) is 0 Å². The fraction of sp³-hybridized carbons (Fsp3) is 0.560. The molecule has 170 valence electrons. The molecule has 2 saturated carbocycles. The van der Waals surface area contributed by atoms with Gasteiger partial charge in [0.05, 0.1) is 16.4 Å². The number of nitro groups is 1. The van der Waals surface area contributed by atoms with Crippen LogP contribution >= 0.6 is 0 Å². The van der Waals surface area contributed by atoms with Gasteiger partial charge in [0.2, 0.25) is 0 Å². The maximum Gasteiger partial charge on any atom is 0.336 e. The molecule has 7 nitrogen and oxygen atoms in total. The summed E-state index contributed by atoms with van der Waals surface area (Å²) in [6.45, 7) is 5.90. The van der Waals surface area contributed by atoms with Crippen LogP contribution in [0.1, 0.15) is 77.2 Å². The molecule has 1 aromatic carbocycles. The molecule has 7 heteroatoms. The first kappa shape index (κ1) is 22.4. The second-order valence-electron chi connectivity index (χ2n) is 10.1. The number of aliphatic imine (C=N–C) groups is 1. The number of allylic oxidation sites excluding steroid dienone is 1. The van der Waals surface area contributed by atoms with Gasteiger partial charge in [0, 0.05) is 35.9 Å². The fourth-order valence-electron chi connectivity index (χ4n) is 5.42. The van der Waals surface area contributed by atoms with E-state index in [2.05, 4.69) is 13.8 Å². The zero-order valence-corrected chi connectivity index (χ0v) is 18.9. The van der Waals surface area contributed by atoms with Gasteiger partial charge in [-0.05, 0) is 50.0 Å². The van der Waals surface area contributed by atoms with Gasteiger partial charge in [0.1, 0.15) is 11.9 Å². The summed E-state index contributed by atoms with van der Waals surface area (Å²) in [6.07, 6.45) is 5.91. The van der Waals surface area contributed by atoms with Crippen LogP contribution in [0.15, 0.2) is 40.5 Å². The smallest absolute Gasteiger partial charge is 0.336 e. The van der Waals surface area contributed by atoms with Gasteiger partial charge in [-0.25, -0.2) is 4.79 Å². The first-order valence-corrected chi connectivity index (χ1v) is 11.4. The molecule has 32 heavy (non-hydrogen) atoms. The van der Waals surface area contributed by atoms with E-state index in [4.69, 9.17) is 9.73 Å². The topological polar surface area (TPSA) is 98.9 Å². The van der Waals surface area contributed by atoms with Crippen molar-refractivity contribution in [1.82, 2.24) is 0 Å². The third kappa shape index (κ3) is 4.38. The van der Waals surface area contributed by atoms with E-state index >= 15 is 0 Å². The molecule has 2 unspecified atom stereocenters. The number of ether oxygens (including phenoxy) is 1. The maximum atomic E-state index is 13.4. The lowest BCUT2D eigenvalue weighted by atomic mass is 9.63. The molecule has 0 saturated heterocycles. The van der Waals surface area contributed by atoms with Crippen LogP contribution in [0.5, 0.6) is 0 Å². The number of nitro benzene ring substituents is 1. The molecular formula is C25H30N2O5. The lowest BCUT2D eigenvalue weighted by Crippen LogP contribution is -2.44. The summed E-state index contributed by atoms with van der Waals surface area (Å²) in [5, 5.41) is 11.1. The molecule has 0 radical (unpaired) electrons. The lowest BCUT2D eigenvalue weighted by molar-refractivity contribution is -0.384. The second-order valence-corrected chi connectivity index (χ2v) is 10.1. The minimum Gasteiger partial charge on any atom is -0.459 e. The number of hydrogen-bond donors (Lipinski definition) is 0. The van der Waals surface area contributed by atoms with Crippen molar-refractivity contribution >= 4 is 23.2 Å². The minimum absolute atomic E-state index is 0.0263. The average molecular weight is 439 g/mol. The Bertz CT molecular complexity index is 1000. The number of hydrogen-bond acceptors (Lipinski definition) is 6. The van der Waals surface area contributed by atoms with Gasteiger partial charge in [0.15, 0.2) is 0 Å². The van der Waals surface area contributed by atoms with Gasteiger partial charge >= 0.3 is 5.97 Å². The second kappa shape index (κ2) is 8.60. The molecule has 2 fully saturated rings. The van der Waals surface area contributed by atoms with Crippen LogP contribution in [-0.2, 0) is 14.3 Å². The Morgan fingerprint density at radius 1 is 1.09 bits per heavy atom. The van der Waals surface area contributed by atoms with Gasteiger partial charge in [-0.3, -0.25) is 19.9 Å². The van der Waals surface area contributed by atoms with Gasteiger partial charge in [-0.15, -0.1) is 0 Å². The van der Waals surface area contributed by atoms with E-state index in [1.807, 2.05) is 0 Å². The predicted molar refractivity (Wildman–Crippen MR) is 120 cm³/mol. The highest BCUT2D eigenvalue weighted by Gasteiger charge is 2.48. The monoisotopic (exact) mass is 438 g/mol. The first-order valence-electron chi connectivity index (χ1n) is 11.4. The van der Waals surface area contributed by atoms with Crippen molar-refractivity contribution < 1.29 is 19.2 Å². The number of nitrogens with zero attached hydrogens (tertiary/aromatic N) is 2. The minimum atomic E-state index is -0.540. The zero-order valence-electron chi connectivity index (χ0n) is 18.9. The number of fused-ring (bicyclic) bond motifs is 1. The highest BCUT2D eigenvalue weighted by atomic mass is 16.6. The van der Waals surface area contributed by atoms with Gasteiger partial charge in [-0.2, -0.15) is 0 Å². The zero-order chi connectivity index (χ0) is 23.0. The quantitative estimate of drug-likeness (QED) is 0.361. The van der Waals surface area contributed by atoms with E-state index in [1.54, 1.807) is 19.1 Å². The summed E-state index contributed by atoms with van der Waals surface area (Å²) < 4.78 is 5.89. The number of esters is 1. The van der Waals surface area contributed by atoms with Crippen molar-refractivity contribution in [3.63, 3.8) is 0 Å². The van der Waals surface area contributed by atoms with E-state index < -0.39 is 22.7 Å². The van der Waals surface area contributed by atoms with E-state index in [0.717, 1.165) is 37.8 Å². The molecule has 2 atom stereocenters. The van der Waals surface area contributed by atoms with Crippen LogP contribution in [0.25, 0.3) is 0 Å². The van der Waals surface area contributed by atoms with Crippen molar-refractivity contribution in [2.45, 2.75) is 77.7 Å². The van der Waals surface area contributed by atoms with E-state index in [0.29, 0.717) is 29.7 Å². The largest absolute Gasteiger partial charge is 0.459 e. The summed E-state index contributed by atoms with van der Waals surface area (Å²) in [7, 11) is 0. The molecule has 0 aromatic heterocycles. The Kier molecular flexibility index (Phi) is 6.01. The van der Waals surface area contributed by atoms with E-state index in [-0.39, 0.29) is 23.0 Å². The van der Waals surface area contributed by atoms with Crippen LogP contribution in [0.2, 0.25) is 0 Å². The fourth-order valence-corrected chi connectivity index (χ4v) is 5.42. The van der Waals surface area contributed by atoms with Gasteiger partial charge in [0.25, 0.3) is 5.69 Å². The number of carbonyl (C=O) groups excluding carboxylic acids is 2. The van der Waals surface area contributed by atoms with E-state index in [1.165, 1.54) is 12.1 Å². The Morgan fingerprint density at radius 3 is 2.38 bits per heavy atom. The standard InChI is InChI=1S/C25H30N2O5/c1-15-21(24(29)32-18-7-5-4-6-8-18)22(16-9-11-17(12-10-16)27(30)31)23-19(26-15)13-25(2,3)14-20(23)28/h9-12,18,22-23H,4-8,13-14H2,1-3H3. The molecule has 1 aromatic rings. The third-order valence-electron chi connectivity index (χ3n) is 6.87.